The second-order valence-electron chi connectivity index (χ2n) is 7.93. The average Bonchev–Trinajstić information content (AvgIpc) is 3.47. The van der Waals surface area contributed by atoms with Crippen LogP contribution < -0.4 is 4.74 Å². The van der Waals surface area contributed by atoms with Crippen LogP contribution in [0.25, 0.3) is 0 Å². The average molecular weight is 449 g/mol. The first-order valence-corrected chi connectivity index (χ1v) is 10.0. The molecule has 4 unspecified atom stereocenters. The lowest BCUT2D eigenvalue weighted by molar-refractivity contribution is -0.385. The molecule has 2 aromatic rings. The number of carbonyl (C=O) groups excluding carboxylic acids is 2. The Kier molecular flexibility index (Phi) is 4.69. The zero-order valence-corrected chi connectivity index (χ0v) is 16.8. The summed E-state index contributed by atoms with van der Waals surface area (Å²) in [6.45, 7) is 0. The first-order chi connectivity index (χ1) is 15.8. The summed E-state index contributed by atoms with van der Waals surface area (Å²) < 4.78 is 5.62. The number of nitrogens with zero attached hydrogens (tertiary/aromatic N) is 5. The third-order valence-corrected chi connectivity index (χ3v) is 6.11. The lowest BCUT2D eigenvalue weighted by Crippen LogP contribution is -2.28. The van der Waals surface area contributed by atoms with Crippen molar-refractivity contribution in [2.75, 3.05) is 0 Å². The molecule has 2 amide bonds. The second-order valence-corrected chi connectivity index (χ2v) is 7.93. The van der Waals surface area contributed by atoms with Gasteiger partial charge in [0.2, 0.25) is 5.88 Å². The second kappa shape index (κ2) is 7.58. The van der Waals surface area contributed by atoms with Crippen molar-refractivity contribution in [2.45, 2.75) is 6.42 Å². The number of nitro benzene ring substituents is 1. The Hall–Kier alpha value is -4.48. The predicted octanol–water partition coefficient (Wildman–Crippen LogP) is 2.83. The number of imide groups is 1. The van der Waals surface area contributed by atoms with E-state index in [1.807, 2.05) is 12.2 Å². The van der Waals surface area contributed by atoms with E-state index in [-0.39, 0.29) is 52.2 Å². The highest BCUT2D eigenvalue weighted by Crippen LogP contribution is 2.52. The maximum absolute atomic E-state index is 12.8. The lowest BCUT2D eigenvalue weighted by atomic mass is 9.85. The molecule has 2 heterocycles. The van der Waals surface area contributed by atoms with Gasteiger partial charge in [-0.15, -0.1) is 0 Å². The molecular weight excluding hydrogens is 434 g/mol. The Balaban J connectivity index is 1.43. The summed E-state index contributed by atoms with van der Waals surface area (Å²) in [5, 5.41) is 26.9. The Labute approximate surface area is 185 Å². The van der Waals surface area contributed by atoms with E-state index in [1.165, 1.54) is 30.3 Å². The number of hydrazone groups is 1. The number of rotatable bonds is 6. The zero-order valence-electron chi connectivity index (χ0n) is 16.8. The minimum absolute atomic E-state index is 0.00890. The smallest absolute Gasteiger partial charge is 0.287 e. The maximum Gasteiger partial charge on any atom is 0.287 e. The number of ether oxygens (including phenoxy) is 1. The van der Waals surface area contributed by atoms with E-state index < -0.39 is 21.7 Å². The number of non-ortho nitro benzene ring substituents is 1. The van der Waals surface area contributed by atoms with E-state index in [1.54, 1.807) is 0 Å². The standard InChI is InChI=1S/C21H15N5O7/c27-20-18-11-1-2-12(7-11)19(18)21(28)24(20)23-9-13-8-14(25(29)30)3-5-16(13)33-17-6-4-15(10-22-17)26(31)32/h1-6,8-12,18-19H,7H2. The first kappa shape index (κ1) is 20.4. The molecule has 1 aromatic carbocycles. The van der Waals surface area contributed by atoms with Crippen molar-refractivity contribution in [3.8, 4) is 11.6 Å². The minimum Gasteiger partial charge on any atom is -0.438 e. The Morgan fingerprint density at radius 3 is 2.21 bits per heavy atom. The third-order valence-electron chi connectivity index (χ3n) is 6.11. The maximum atomic E-state index is 12.8. The fourth-order valence-electron chi connectivity index (χ4n) is 4.62. The van der Waals surface area contributed by atoms with Crippen LogP contribution in [0.3, 0.4) is 0 Å². The molecule has 12 nitrogen and oxygen atoms in total. The predicted molar refractivity (Wildman–Crippen MR) is 111 cm³/mol. The van der Waals surface area contributed by atoms with Crippen LogP contribution in [0.5, 0.6) is 11.6 Å². The summed E-state index contributed by atoms with van der Waals surface area (Å²) >= 11 is 0. The fraction of sp³-hybridized carbons (Fsp3) is 0.238. The highest BCUT2D eigenvalue weighted by Gasteiger charge is 2.59. The molecule has 0 spiro atoms. The largest absolute Gasteiger partial charge is 0.438 e. The molecule has 3 aliphatic rings. The quantitative estimate of drug-likeness (QED) is 0.214. The van der Waals surface area contributed by atoms with Gasteiger partial charge in [0, 0.05) is 29.8 Å². The van der Waals surface area contributed by atoms with Gasteiger partial charge in [0.1, 0.15) is 11.9 Å². The van der Waals surface area contributed by atoms with Crippen molar-refractivity contribution in [3.63, 3.8) is 0 Å². The minimum atomic E-state index is -0.609. The highest BCUT2D eigenvalue weighted by molar-refractivity contribution is 6.07. The third kappa shape index (κ3) is 3.41. The van der Waals surface area contributed by atoms with Crippen LogP contribution in [0.1, 0.15) is 12.0 Å². The zero-order chi connectivity index (χ0) is 23.3. The number of hydrogen-bond acceptors (Lipinski definition) is 9. The summed E-state index contributed by atoms with van der Waals surface area (Å²) in [7, 11) is 0. The number of carbonyl (C=O) groups is 2. The molecular formula is C21H15N5O7. The first-order valence-electron chi connectivity index (χ1n) is 10.0. The number of allylic oxidation sites excluding steroid dienone is 2. The number of amides is 2. The molecule has 0 radical (unpaired) electrons. The van der Waals surface area contributed by atoms with Gasteiger partial charge in [0.05, 0.1) is 27.9 Å². The van der Waals surface area contributed by atoms with Crippen molar-refractivity contribution in [2.24, 2.45) is 28.8 Å². The number of nitro groups is 2. The normalized spacial score (nSPS) is 25.2. The summed E-state index contributed by atoms with van der Waals surface area (Å²) in [5.41, 5.74) is -0.352. The van der Waals surface area contributed by atoms with Crippen LogP contribution in [0.2, 0.25) is 0 Å². The van der Waals surface area contributed by atoms with E-state index in [9.17, 15) is 29.8 Å². The van der Waals surface area contributed by atoms with Gasteiger partial charge in [-0.2, -0.15) is 10.1 Å². The van der Waals surface area contributed by atoms with Gasteiger partial charge in [-0.05, 0) is 24.3 Å². The van der Waals surface area contributed by atoms with Crippen molar-refractivity contribution < 1.29 is 24.2 Å². The molecule has 12 heteroatoms. The molecule has 1 aliphatic heterocycles. The SMILES string of the molecule is O=C1C2C3C=CC(C3)C2C(=O)N1N=Cc1cc([N+](=O)[O-])ccc1Oc1ccc([N+](=O)[O-])cn1. The van der Waals surface area contributed by atoms with Crippen LogP contribution in [-0.2, 0) is 9.59 Å². The summed E-state index contributed by atoms with van der Waals surface area (Å²) in [6.07, 6.45) is 6.88. The molecule has 1 saturated carbocycles. The molecule has 1 aromatic heterocycles. The van der Waals surface area contributed by atoms with E-state index in [2.05, 4.69) is 10.1 Å². The van der Waals surface area contributed by atoms with Gasteiger partial charge in [-0.3, -0.25) is 29.8 Å². The van der Waals surface area contributed by atoms with Crippen LogP contribution in [0, 0.1) is 43.9 Å². The lowest BCUT2D eigenvalue weighted by Gasteiger charge is -2.13. The van der Waals surface area contributed by atoms with Gasteiger partial charge in [-0.25, -0.2) is 4.98 Å². The Morgan fingerprint density at radius 1 is 1.00 bits per heavy atom. The number of aromatic nitrogens is 1. The molecule has 1 saturated heterocycles. The van der Waals surface area contributed by atoms with Crippen LogP contribution in [0.15, 0.2) is 53.8 Å². The van der Waals surface area contributed by atoms with Crippen molar-refractivity contribution >= 4 is 29.4 Å². The molecule has 4 atom stereocenters. The molecule has 2 fully saturated rings. The fourth-order valence-corrected chi connectivity index (χ4v) is 4.62. The highest BCUT2D eigenvalue weighted by atomic mass is 16.6. The van der Waals surface area contributed by atoms with E-state index in [0.717, 1.165) is 23.8 Å². The number of pyridine rings is 1. The number of hydrogen-bond donors (Lipinski definition) is 0. The molecule has 2 bridgehead atoms. The Morgan fingerprint density at radius 2 is 1.64 bits per heavy atom. The van der Waals surface area contributed by atoms with Crippen molar-refractivity contribution in [1.29, 1.82) is 0 Å². The van der Waals surface area contributed by atoms with E-state index in [4.69, 9.17) is 4.74 Å². The topological polar surface area (TPSA) is 158 Å². The molecule has 33 heavy (non-hydrogen) atoms. The molecule has 5 rings (SSSR count). The molecule has 0 N–H and O–H groups in total. The van der Waals surface area contributed by atoms with Gasteiger partial charge < -0.3 is 4.74 Å². The van der Waals surface area contributed by atoms with Gasteiger partial charge in [0.15, 0.2) is 0 Å². The Bertz CT molecular complexity index is 1230. The van der Waals surface area contributed by atoms with Gasteiger partial charge in [-0.1, -0.05) is 12.2 Å². The summed E-state index contributed by atoms with van der Waals surface area (Å²) in [4.78, 5) is 50.2. The number of fused-ring (bicyclic) bond motifs is 5. The molecule has 2 aliphatic carbocycles. The number of benzene rings is 1. The van der Waals surface area contributed by atoms with E-state index >= 15 is 0 Å². The van der Waals surface area contributed by atoms with Crippen LogP contribution in [-0.4, -0.2) is 37.9 Å². The van der Waals surface area contributed by atoms with Crippen LogP contribution in [0.4, 0.5) is 11.4 Å². The van der Waals surface area contributed by atoms with Gasteiger partial charge in [0.25, 0.3) is 23.2 Å². The van der Waals surface area contributed by atoms with Crippen LogP contribution >= 0.6 is 0 Å². The molecule has 166 valence electrons. The monoisotopic (exact) mass is 449 g/mol. The summed E-state index contributed by atoms with van der Waals surface area (Å²) in [5.74, 6) is -1.44. The summed E-state index contributed by atoms with van der Waals surface area (Å²) in [6, 6.07) is 6.18. The van der Waals surface area contributed by atoms with Gasteiger partial charge >= 0.3 is 0 Å². The van der Waals surface area contributed by atoms with Crippen molar-refractivity contribution in [1.82, 2.24) is 9.99 Å². The van der Waals surface area contributed by atoms with E-state index in [0.29, 0.717) is 0 Å². The van der Waals surface area contributed by atoms with Crippen molar-refractivity contribution in [3.05, 3.63) is 74.5 Å².